The van der Waals surface area contributed by atoms with E-state index >= 15 is 0 Å². The van der Waals surface area contributed by atoms with Crippen LogP contribution >= 0.6 is 0 Å². The van der Waals surface area contributed by atoms with Crippen molar-refractivity contribution in [3.8, 4) is 0 Å². The summed E-state index contributed by atoms with van der Waals surface area (Å²) in [7, 11) is 3.01. The second kappa shape index (κ2) is 6.79. The Kier molecular flexibility index (Phi) is 5.36. The Morgan fingerprint density at radius 1 is 1.39 bits per heavy atom. The minimum atomic E-state index is -0.790. The van der Waals surface area contributed by atoms with Crippen LogP contribution in [0.4, 0.5) is 4.79 Å². The zero-order valence-corrected chi connectivity index (χ0v) is 10.9. The first-order chi connectivity index (χ1) is 8.59. The van der Waals surface area contributed by atoms with Crippen molar-refractivity contribution in [3.05, 3.63) is 30.0 Å². The molecule has 3 amide bonds. The van der Waals surface area contributed by atoms with E-state index in [9.17, 15) is 9.59 Å². The van der Waals surface area contributed by atoms with E-state index in [1.165, 1.54) is 11.9 Å². The van der Waals surface area contributed by atoms with E-state index < -0.39 is 6.23 Å². The monoisotopic (exact) mass is 250 g/mol. The molecule has 1 aliphatic rings. The predicted octanol–water partition coefficient (Wildman–Crippen LogP) is 1.53. The highest BCUT2D eigenvalue weighted by Crippen LogP contribution is 2.14. The molecule has 0 N–H and O–H groups in total. The van der Waals surface area contributed by atoms with Crippen molar-refractivity contribution in [2.75, 3.05) is 20.7 Å². The van der Waals surface area contributed by atoms with E-state index in [-0.39, 0.29) is 11.9 Å². The molecule has 1 atom stereocenters. The Morgan fingerprint density at radius 3 is 2.67 bits per heavy atom. The van der Waals surface area contributed by atoms with Gasteiger partial charge in [-0.1, -0.05) is 12.2 Å². The number of hydrogen-bond acceptors (Lipinski definition) is 3. The summed E-state index contributed by atoms with van der Waals surface area (Å²) in [6, 6.07) is -0.337. The topological polar surface area (TPSA) is 49.9 Å². The Morgan fingerprint density at radius 2 is 2.11 bits per heavy atom. The first-order valence-electron chi connectivity index (χ1n) is 5.77. The summed E-state index contributed by atoms with van der Waals surface area (Å²) in [5, 5.41) is 0. The van der Waals surface area contributed by atoms with E-state index in [4.69, 9.17) is 4.74 Å². The van der Waals surface area contributed by atoms with Crippen LogP contribution in [0.3, 0.4) is 0 Å². The number of allylic oxidation sites excluding steroid dienone is 2. The molecule has 0 aromatic rings. The minimum absolute atomic E-state index is 0.319. The van der Waals surface area contributed by atoms with Crippen molar-refractivity contribution >= 4 is 11.9 Å². The number of urea groups is 1. The SMILES string of the molecule is CC=C=C/C=C\CCOC1C(=O)N(C)C(=O)N1C. The number of imide groups is 1. The van der Waals surface area contributed by atoms with Crippen LogP contribution in [0.1, 0.15) is 13.3 Å². The molecule has 5 nitrogen and oxygen atoms in total. The van der Waals surface area contributed by atoms with Crippen LogP contribution in [0.15, 0.2) is 30.0 Å². The van der Waals surface area contributed by atoms with E-state index in [2.05, 4.69) is 5.73 Å². The second-order valence-electron chi connectivity index (χ2n) is 3.85. The van der Waals surface area contributed by atoms with Crippen molar-refractivity contribution in [2.24, 2.45) is 0 Å². The van der Waals surface area contributed by atoms with Gasteiger partial charge in [-0.3, -0.25) is 14.6 Å². The highest BCUT2D eigenvalue weighted by molar-refractivity contribution is 6.02. The standard InChI is InChI=1S/C13H18N2O3/c1-4-5-6-7-8-9-10-18-12-11(16)14(2)13(17)15(12)3/h4,6-8,12H,9-10H2,1-3H3/b8-7-. The number of carbonyl (C=O) groups is 2. The number of rotatable bonds is 5. The van der Waals surface area contributed by atoms with Gasteiger partial charge in [0, 0.05) is 14.1 Å². The van der Waals surface area contributed by atoms with Crippen molar-refractivity contribution < 1.29 is 14.3 Å². The lowest BCUT2D eigenvalue weighted by molar-refractivity contribution is -0.140. The van der Waals surface area contributed by atoms with Gasteiger partial charge in [-0.15, -0.1) is 5.73 Å². The molecule has 1 aliphatic heterocycles. The molecule has 0 aromatic carbocycles. The fourth-order valence-corrected chi connectivity index (χ4v) is 1.51. The molecule has 1 rings (SSSR count). The van der Waals surface area contributed by atoms with Crippen LogP contribution in [0, 0.1) is 0 Å². The summed E-state index contributed by atoms with van der Waals surface area (Å²) < 4.78 is 5.40. The second-order valence-corrected chi connectivity index (χ2v) is 3.85. The number of amides is 3. The van der Waals surface area contributed by atoms with Crippen molar-refractivity contribution in [3.63, 3.8) is 0 Å². The molecule has 0 spiro atoms. The number of carbonyl (C=O) groups excluding carboxylic acids is 2. The van der Waals surface area contributed by atoms with Crippen LogP contribution in [0.5, 0.6) is 0 Å². The van der Waals surface area contributed by atoms with Crippen LogP contribution in [0.25, 0.3) is 0 Å². The molecule has 1 saturated heterocycles. The summed E-state index contributed by atoms with van der Waals surface area (Å²) in [5.41, 5.74) is 2.91. The van der Waals surface area contributed by atoms with Crippen molar-refractivity contribution in [2.45, 2.75) is 19.6 Å². The third kappa shape index (κ3) is 3.32. The van der Waals surface area contributed by atoms with Crippen molar-refractivity contribution in [1.82, 2.24) is 9.80 Å². The molecule has 18 heavy (non-hydrogen) atoms. The van der Waals surface area contributed by atoms with Gasteiger partial charge in [-0.05, 0) is 25.5 Å². The molecule has 1 fully saturated rings. The summed E-state index contributed by atoms with van der Waals surface area (Å²) in [5.74, 6) is -0.319. The zero-order valence-electron chi connectivity index (χ0n) is 10.9. The average Bonchev–Trinajstić information content (AvgIpc) is 2.55. The number of likely N-dealkylation sites (N-methyl/N-ethyl adjacent to an activating group) is 2. The van der Waals surface area contributed by atoms with Crippen LogP contribution in [-0.2, 0) is 9.53 Å². The van der Waals surface area contributed by atoms with Crippen molar-refractivity contribution in [1.29, 1.82) is 0 Å². The molecule has 1 unspecified atom stereocenters. The smallest absolute Gasteiger partial charge is 0.328 e. The van der Waals surface area contributed by atoms with Gasteiger partial charge >= 0.3 is 6.03 Å². The summed E-state index contributed by atoms with van der Waals surface area (Å²) in [6.45, 7) is 2.28. The highest BCUT2D eigenvalue weighted by atomic mass is 16.5. The molecular formula is C13H18N2O3. The number of ether oxygens (including phenoxy) is 1. The molecule has 5 heteroatoms. The molecule has 0 radical (unpaired) electrons. The Labute approximate surface area is 107 Å². The fourth-order valence-electron chi connectivity index (χ4n) is 1.51. The molecule has 0 aliphatic carbocycles. The van der Waals surface area contributed by atoms with Gasteiger partial charge in [0.2, 0.25) is 6.23 Å². The number of hydrogen-bond donors (Lipinski definition) is 0. The maximum atomic E-state index is 11.6. The van der Waals surface area contributed by atoms with Gasteiger partial charge in [0.15, 0.2) is 0 Å². The van der Waals surface area contributed by atoms with Gasteiger partial charge in [-0.25, -0.2) is 4.79 Å². The third-order valence-electron chi connectivity index (χ3n) is 2.54. The van der Waals surface area contributed by atoms with E-state index in [0.29, 0.717) is 13.0 Å². The quantitative estimate of drug-likeness (QED) is 0.322. The lowest BCUT2D eigenvalue weighted by Gasteiger charge is -2.15. The molecule has 98 valence electrons. The highest BCUT2D eigenvalue weighted by Gasteiger charge is 2.41. The summed E-state index contributed by atoms with van der Waals surface area (Å²) >= 11 is 0. The normalized spacial score (nSPS) is 19.6. The largest absolute Gasteiger partial charge is 0.349 e. The maximum Gasteiger partial charge on any atom is 0.328 e. The molecule has 1 heterocycles. The van der Waals surface area contributed by atoms with Gasteiger partial charge in [0.05, 0.1) is 6.61 Å². The molecule has 0 bridgehead atoms. The summed E-state index contributed by atoms with van der Waals surface area (Å²) in [4.78, 5) is 25.4. The van der Waals surface area contributed by atoms with E-state index in [1.807, 2.05) is 25.2 Å². The fraction of sp³-hybridized carbons (Fsp3) is 0.462. The first-order valence-corrected chi connectivity index (χ1v) is 5.77. The number of nitrogens with zero attached hydrogens (tertiary/aromatic N) is 2. The minimum Gasteiger partial charge on any atom is -0.349 e. The average molecular weight is 250 g/mol. The van der Waals surface area contributed by atoms with Crippen LogP contribution in [0.2, 0.25) is 0 Å². The van der Waals surface area contributed by atoms with Crippen LogP contribution in [-0.4, -0.2) is 48.7 Å². The molecular weight excluding hydrogens is 232 g/mol. The molecule has 0 aromatic heterocycles. The van der Waals surface area contributed by atoms with Gasteiger partial charge in [-0.2, -0.15) is 0 Å². The van der Waals surface area contributed by atoms with Gasteiger partial charge in [0.1, 0.15) is 0 Å². The van der Waals surface area contributed by atoms with Crippen LogP contribution < -0.4 is 0 Å². The maximum absolute atomic E-state index is 11.6. The lowest BCUT2D eigenvalue weighted by Crippen LogP contribution is -2.34. The Hall–Kier alpha value is -1.84. The lowest BCUT2D eigenvalue weighted by atomic mass is 10.4. The Bertz CT molecular complexity index is 408. The third-order valence-corrected chi connectivity index (χ3v) is 2.54. The van der Waals surface area contributed by atoms with Gasteiger partial charge < -0.3 is 4.74 Å². The predicted molar refractivity (Wildman–Crippen MR) is 67.8 cm³/mol. The first kappa shape index (κ1) is 14.2. The Balaban J connectivity index is 2.36. The summed E-state index contributed by atoms with van der Waals surface area (Å²) in [6.07, 6.45) is 7.28. The van der Waals surface area contributed by atoms with E-state index in [0.717, 1.165) is 4.90 Å². The van der Waals surface area contributed by atoms with Gasteiger partial charge in [0.25, 0.3) is 5.91 Å². The van der Waals surface area contributed by atoms with E-state index in [1.54, 1.807) is 13.1 Å². The zero-order chi connectivity index (χ0) is 13.5. The molecule has 0 saturated carbocycles.